The molecule has 1 aliphatic heterocycles. The van der Waals surface area contributed by atoms with Gasteiger partial charge in [0.05, 0.1) is 23.2 Å². The van der Waals surface area contributed by atoms with Crippen LogP contribution in [0.2, 0.25) is 5.02 Å². The van der Waals surface area contributed by atoms with Crippen LogP contribution < -0.4 is 9.64 Å². The van der Waals surface area contributed by atoms with Gasteiger partial charge in [-0.1, -0.05) is 50.6 Å². The van der Waals surface area contributed by atoms with Gasteiger partial charge < -0.3 is 4.74 Å². The minimum Gasteiger partial charge on any atom is -0.497 e. The number of carbonyl (C=O) groups excluding carboxylic acids is 1. The lowest BCUT2D eigenvalue weighted by Crippen LogP contribution is -2.47. The van der Waals surface area contributed by atoms with Crippen molar-refractivity contribution in [1.29, 1.82) is 0 Å². The van der Waals surface area contributed by atoms with Gasteiger partial charge in [0.15, 0.2) is 0 Å². The Morgan fingerprint density at radius 1 is 1.19 bits per heavy atom. The summed E-state index contributed by atoms with van der Waals surface area (Å²) in [5.74, 6) is 0.643. The van der Waals surface area contributed by atoms with E-state index in [1.165, 1.54) is 0 Å². The van der Waals surface area contributed by atoms with Crippen molar-refractivity contribution in [2.45, 2.75) is 19.4 Å². The summed E-state index contributed by atoms with van der Waals surface area (Å²) in [5, 5.41) is 0.539. The second kappa shape index (κ2) is 6.71. The highest BCUT2D eigenvalue weighted by Gasteiger charge is 2.43. The molecule has 1 aliphatic rings. The maximum absolute atomic E-state index is 13.5. The zero-order valence-electron chi connectivity index (χ0n) is 14.9. The molecule has 2 heterocycles. The zero-order chi connectivity index (χ0) is 19.3. The highest BCUT2D eigenvalue weighted by molar-refractivity contribution is 7.80. The topological polar surface area (TPSA) is 29.5 Å². The summed E-state index contributed by atoms with van der Waals surface area (Å²) in [6.07, 6.45) is 0. The molecule has 0 atom stereocenters. The Morgan fingerprint density at radius 3 is 2.67 bits per heavy atom. The second-order valence-electron chi connectivity index (χ2n) is 6.75. The van der Waals surface area contributed by atoms with Crippen LogP contribution in [0.3, 0.4) is 0 Å². The van der Waals surface area contributed by atoms with Crippen molar-refractivity contribution in [2.75, 3.05) is 12.0 Å². The first-order valence-electron chi connectivity index (χ1n) is 8.26. The Balaban J connectivity index is 1.98. The number of amides is 1. The predicted molar refractivity (Wildman–Crippen MR) is 116 cm³/mol. The molecule has 1 amide bonds. The summed E-state index contributed by atoms with van der Waals surface area (Å²) in [5.41, 5.74) is 2.82. The number of anilines is 1. The van der Waals surface area contributed by atoms with Crippen molar-refractivity contribution in [3.05, 3.63) is 61.8 Å². The van der Waals surface area contributed by atoms with Crippen molar-refractivity contribution >= 4 is 56.1 Å². The fraction of sp³-hybridized carbons (Fsp3) is 0.200. The molecule has 0 radical (unpaired) electrons. The van der Waals surface area contributed by atoms with E-state index in [9.17, 15) is 4.79 Å². The Morgan fingerprint density at radius 2 is 1.96 bits per heavy atom. The molecule has 2 aromatic carbocycles. The number of ether oxygens (including phenoxy) is 1. The lowest BCUT2D eigenvalue weighted by molar-refractivity contribution is 0.0961. The van der Waals surface area contributed by atoms with Gasteiger partial charge >= 0.3 is 0 Å². The molecule has 3 nitrogen and oxygen atoms in total. The van der Waals surface area contributed by atoms with Crippen LogP contribution in [0.15, 0.2) is 42.5 Å². The molecule has 4 rings (SSSR count). The first-order valence-corrected chi connectivity index (χ1v) is 11.2. The molecular weight excluding hydrogens is 418 g/mol. The number of hydrogen-bond donors (Lipinski definition) is 0. The third-order valence-electron chi connectivity index (χ3n) is 4.74. The quantitative estimate of drug-likeness (QED) is 0.330. The van der Waals surface area contributed by atoms with Crippen LogP contribution in [0, 0.1) is 3.82 Å². The van der Waals surface area contributed by atoms with Gasteiger partial charge in [-0.15, -0.1) is 0 Å². The minimum absolute atomic E-state index is 0.0936. The van der Waals surface area contributed by atoms with Crippen LogP contribution in [-0.2, 0) is 5.54 Å². The van der Waals surface area contributed by atoms with Crippen LogP contribution in [0.4, 0.5) is 5.69 Å². The van der Waals surface area contributed by atoms with Crippen molar-refractivity contribution < 1.29 is 9.53 Å². The molecule has 0 bridgehead atoms. The van der Waals surface area contributed by atoms with Gasteiger partial charge in [-0.25, -0.2) is 0 Å². The average Bonchev–Trinajstić information content (AvgIpc) is 3.04. The minimum atomic E-state index is -0.533. The van der Waals surface area contributed by atoms with Crippen molar-refractivity contribution in [1.82, 2.24) is 0 Å². The Hall–Kier alpha value is -1.73. The summed E-state index contributed by atoms with van der Waals surface area (Å²) in [6, 6.07) is 12.8. The normalized spacial score (nSPS) is 14.4. The molecule has 0 spiro atoms. The first kappa shape index (κ1) is 18.6. The molecule has 27 heavy (non-hydrogen) atoms. The van der Waals surface area contributed by atoms with Crippen LogP contribution in [-0.4, -0.2) is 13.0 Å². The molecule has 0 saturated carbocycles. The Kier molecular flexibility index (Phi) is 4.63. The molecule has 0 N–H and O–H groups in total. The van der Waals surface area contributed by atoms with Crippen LogP contribution >= 0.6 is 44.5 Å². The number of benzene rings is 2. The summed E-state index contributed by atoms with van der Waals surface area (Å²) in [7, 11) is 4.83. The molecule has 138 valence electrons. The summed E-state index contributed by atoms with van der Waals surface area (Å²) < 4.78 is 6.25. The van der Waals surface area contributed by atoms with E-state index in [0.29, 0.717) is 10.6 Å². The standard InChI is InChI=1S/C20H16ClNO2S3/c1-20(2)17-16(19(25)27-26-17)14-10-13(24-3)7-8-15(14)22(20)18(23)11-5-4-6-12(21)9-11/h4-10H,1-3H3. The Labute approximate surface area is 175 Å². The summed E-state index contributed by atoms with van der Waals surface area (Å²) >= 11 is 11.7. The summed E-state index contributed by atoms with van der Waals surface area (Å²) in [6.45, 7) is 4.11. The van der Waals surface area contributed by atoms with E-state index in [1.54, 1.807) is 52.1 Å². The number of carbonyl (C=O) groups is 1. The van der Waals surface area contributed by atoms with Gasteiger partial charge in [0.25, 0.3) is 5.91 Å². The number of hydrogen-bond acceptors (Lipinski definition) is 5. The third kappa shape index (κ3) is 2.91. The van der Waals surface area contributed by atoms with Crippen LogP contribution in [0.25, 0.3) is 11.1 Å². The first-order chi connectivity index (χ1) is 12.8. The lowest BCUT2D eigenvalue weighted by atomic mass is 9.86. The van der Waals surface area contributed by atoms with Gasteiger partial charge in [-0.2, -0.15) is 0 Å². The van der Waals surface area contributed by atoms with Crippen molar-refractivity contribution in [3.8, 4) is 16.9 Å². The second-order valence-corrected chi connectivity index (χ2v) is 10.0. The van der Waals surface area contributed by atoms with Gasteiger partial charge in [-0.3, -0.25) is 9.69 Å². The van der Waals surface area contributed by atoms with E-state index in [1.807, 2.05) is 23.1 Å². The highest BCUT2D eigenvalue weighted by Crippen LogP contribution is 2.53. The van der Waals surface area contributed by atoms with Gasteiger partial charge in [-0.05, 0) is 50.2 Å². The van der Waals surface area contributed by atoms with Crippen molar-refractivity contribution in [3.63, 3.8) is 0 Å². The van der Waals surface area contributed by atoms with Gasteiger partial charge in [0.2, 0.25) is 0 Å². The SMILES string of the molecule is COc1ccc2c(c1)-c1c(ssc1=S)C(C)(C)N2C(=O)c1cccc(Cl)c1. The molecule has 3 aromatic rings. The largest absolute Gasteiger partial charge is 0.497 e. The van der Waals surface area contributed by atoms with Crippen LogP contribution in [0.5, 0.6) is 5.75 Å². The van der Waals surface area contributed by atoms with Gasteiger partial charge in [0, 0.05) is 21.7 Å². The number of fused-ring (bicyclic) bond motifs is 3. The van der Waals surface area contributed by atoms with E-state index >= 15 is 0 Å². The predicted octanol–water partition coefficient (Wildman–Crippen LogP) is 6.76. The number of halogens is 1. The molecule has 1 aromatic heterocycles. The molecule has 7 heteroatoms. The van der Waals surface area contributed by atoms with Crippen molar-refractivity contribution in [2.24, 2.45) is 0 Å². The van der Waals surface area contributed by atoms with E-state index in [4.69, 9.17) is 28.6 Å². The average molecular weight is 434 g/mol. The Bertz CT molecular complexity index is 1120. The van der Waals surface area contributed by atoms with E-state index in [0.717, 1.165) is 31.3 Å². The highest BCUT2D eigenvalue weighted by atomic mass is 35.5. The molecular formula is C20H16ClNO2S3. The third-order valence-corrected chi connectivity index (χ3v) is 8.30. The molecule has 0 aliphatic carbocycles. The van der Waals surface area contributed by atoms with E-state index in [-0.39, 0.29) is 5.91 Å². The zero-order valence-corrected chi connectivity index (χ0v) is 18.1. The van der Waals surface area contributed by atoms with E-state index in [2.05, 4.69) is 13.8 Å². The molecule has 0 fully saturated rings. The lowest BCUT2D eigenvalue weighted by Gasteiger charge is -2.43. The fourth-order valence-corrected chi connectivity index (χ4v) is 6.92. The maximum atomic E-state index is 13.5. The molecule has 0 saturated heterocycles. The van der Waals surface area contributed by atoms with Crippen LogP contribution in [0.1, 0.15) is 29.1 Å². The monoisotopic (exact) mass is 433 g/mol. The summed E-state index contributed by atoms with van der Waals surface area (Å²) in [4.78, 5) is 16.5. The number of rotatable bonds is 2. The maximum Gasteiger partial charge on any atom is 0.259 e. The van der Waals surface area contributed by atoms with Gasteiger partial charge in [0.1, 0.15) is 9.57 Å². The number of methoxy groups -OCH3 is 1. The van der Waals surface area contributed by atoms with E-state index < -0.39 is 5.54 Å². The number of nitrogens with zero attached hydrogens (tertiary/aromatic N) is 1. The smallest absolute Gasteiger partial charge is 0.259 e. The molecule has 0 unspecified atom stereocenters. The fourth-order valence-electron chi connectivity index (χ4n) is 3.45.